The maximum Gasteiger partial charge on any atom is 0.317 e. The van der Waals surface area contributed by atoms with Crippen LogP contribution in [0.1, 0.15) is 25.0 Å². The van der Waals surface area contributed by atoms with Crippen LogP contribution in [0.3, 0.4) is 0 Å². The Bertz CT molecular complexity index is 483. The van der Waals surface area contributed by atoms with E-state index in [0.717, 1.165) is 64.3 Å². The van der Waals surface area contributed by atoms with Crippen molar-refractivity contribution in [3.63, 3.8) is 0 Å². The number of nitrogens with one attached hydrogen (secondary N) is 1. The van der Waals surface area contributed by atoms with E-state index in [4.69, 9.17) is 4.74 Å². The molecule has 3 rings (SSSR count). The first kappa shape index (κ1) is 16.2. The molecule has 0 saturated carbocycles. The minimum absolute atomic E-state index is 0.0560. The number of pyridine rings is 1. The molecule has 2 amide bonds. The van der Waals surface area contributed by atoms with Crippen LogP contribution in [0.2, 0.25) is 0 Å². The molecule has 126 valence electrons. The number of hydrogen-bond donors (Lipinski definition) is 1. The number of nitrogens with zero attached hydrogens (tertiary/aromatic N) is 3. The van der Waals surface area contributed by atoms with Crippen molar-refractivity contribution >= 4 is 6.03 Å². The number of amides is 2. The predicted molar refractivity (Wildman–Crippen MR) is 88.1 cm³/mol. The first-order valence-electron chi connectivity index (χ1n) is 8.58. The van der Waals surface area contributed by atoms with Gasteiger partial charge >= 0.3 is 6.03 Å². The van der Waals surface area contributed by atoms with Crippen LogP contribution in [0.5, 0.6) is 0 Å². The number of ether oxygens (including phenoxy) is 1. The van der Waals surface area contributed by atoms with E-state index >= 15 is 0 Å². The number of aromatic nitrogens is 1. The van der Waals surface area contributed by atoms with Crippen LogP contribution < -0.4 is 5.32 Å². The molecular formula is C17H26N4O2. The fourth-order valence-corrected chi connectivity index (χ4v) is 3.15. The normalized spacial score (nSPS) is 22.3. The lowest BCUT2D eigenvalue weighted by molar-refractivity contribution is 0.103. The van der Waals surface area contributed by atoms with Gasteiger partial charge in [-0.25, -0.2) is 4.79 Å². The van der Waals surface area contributed by atoms with E-state index < -0.39 is 0 Å². The van der Waals surface area contributed by atoms with Gasteiger partial charge in [-0.05, 0) is 31.4 Å². The maximum atomic E-state index is 12.2. The first-order chi connectivity index (χ1) is 11.3. The van der Waals surface area contributed by atoms with Crippen molar-refractivity contribution in [1.82, 2.24) is 20.1 Å². The first-order valence-corrected chi connectivity index (χ1v) is 8.58. The van der Waals surface area contributed by atoms with Gasteiger partial charge in [-0.15, -0.1) is 0 Å². The van der Waals surface area contributed by atoms with Crippen molar-refractivity contribution in [2.45, 2.75) is 31.9 Å². The molecule has 1 N–H and O–H groups in total. The summed E-state index contributed by atoms with van der Waals surface area (Å²) in [7, 11) is 0. The Labute approximate surface area is 137 Å². The van der Waals surface area contributed by atoms with E-state index in [2.05, 4.69) is 15.2 Å². The van der Waals surface area contributed by atoms with Crippen molar-refractivity contribution in [2.75, 3.05) is 39.3 Å². The predicted octanol–water partition coefficient (Wildman–Crippen LogP) is 1.48. The Kier molecular flexibility index (Phi) is 5.82. The monoisotopic (exact) mass is 318 g/mol. The van der Waals surface area contributed by atoms with Crippen LogP contribution in [0.15, 0.2) is 24.4 Å². The molecule has 0 aromatic carbocycles. The average Bonchev–Trinajstić information content (AvgIpc) is 3.10. The highest BCUT2D eigenvalue weighted by Gasteiger charge is 2.21. The van der Waals surface area contributed by atoms with Crippen molar-refractivity contribution in [2.24, 2.45) is 0 Å². The summed E-state index contributed by atoms with van der Waals surface area (Å²) in [5, 5.41) is 3.02. The lowest BCUT2D eigenvalue weighted by Crippen LogP contribution is -2.51. The van der Waals surface area contributed by atoms with Gasteiger partial charge < -0.3 is 15.0 Å². The minimum atomic E-state index is 0.0560. The molecule has 23 heavy (non-hydrogen) atoms. The van der Waals surface area contributed by atoms with Crippen molar-refractivity contribution in [3.05, 3.63) is 30.1 Å². The van der Waals surface area contributed by atoms with Crippen molar-refractivity contribution < 1.29 is 9.53 Å². The molecule has 1 atom stereocenters. The van der Waals surface area contributed by atoms with Gasteiger partial charge in [0.1, 0.15) is 0 Å². The SMILES string of the molecule is O=C(NCC[C@H]1CCCO1)N1CCN(Cc2ccccn2)CC1. The van der Waals surface area contributed by atoms with Crippen LogP contribution in [0, 0.1) is 0 Å². The number of urea groups is 1. The second-order valence-electron chi connectivity index (χ2n) is 6.24. The zero-order valence-corrected chi connectivity index (χ0v) is 13.6. The number of rotatable bonds is 5. The standard InChI is InChI=1S/C17H26N4O2/c22-17(19-8-6-16-5-3-13-23-16)21-11-9-20(10-12-21)14-15-4-1-2-7-18-15/h1-2,4,7,16H,3,5-6,8-14H2,(H,19,22)/t16-/m1/s1. The fourth-order valence-electron chi connectivity index (χ4n) is 3.15. The van der Waals surface area contributed by atoms with Crippen LogP contribution in [-0.2, 0) is 11.3 Å². The fraction of sp³-hybridized carbons (Fsp3) is 0.647. The Morgan fingerprint density at radius 3 is 2.87 bits per heavy atom. The second-order valence-corrected chi connectivity index (χ2v) is 6.24. The molecule has 6 heteroatoms. The van der Waals surface area contributed by atoms with Gasteiger partial charge in [-0.3, -0.25) is 9.88 Å². The number of piperazine rings is 1. The average molecular weight is 318 g/mol. The van der Waals surface area contributed by atoms with Crippen LogP contribution in [-0.4, -0.2) is 66.2 Å². The zero-order valence-electron chi connectivity index (χ0n) is 13.6. The third kappa shape index (κ3) is 4.91. The van der Waals surface area contributed by atoms with Gasteiger partial charge in [0.15, 0.2) is 0 Å². The van der Waals surface area contributed by atoms with E-state index in [-0.39, 0.29) is 6.03 Å². The molecule has 1 aromatic heterocycles. The topological polar surface area (TPSA) is 57.7 Å². The lowest BCUT2D eigenvalue weighted by atomic mass is 10.2. The summed E-state index contributed by atoms with van der Waals surface area (Å²) in [6.45, 7) is 5.78. The maximum absolute atomic E-state index is 12.2. The zero-order chi connectivity index (χ0) is 15.9. The van der Waals surface area contributed by atoms with E-state index in [1.54, 1.807) is 0 Å². The summed E-state index contributed by atoms with van der Waals surface area (Å²) < 4.78 is 5.57. The van der Waals surface area contributed by atoms with E-state index in [1.807, 2.05) is 29.3 Å². The summed E-state index contributed by atoms with van der Waals surface area (Å²) in [4.78, 5) is 20.8. The van der Waals surface area contributed by atoms with Gasteiger partial charge in [-0.1, -0.05) is 6.07 Å². The van der Waals surface area contributed by atoms with E-state index in [9.17, 15) is 4.79 Å². The van der Waals surface area contributed by atoms with Gasteiger partial charge in [0, 0.05) is 52.1 Å². The molecule has 2 saturated heterocycles. The highest BCUT2D eigenvalue weighted by Crippen LogP contribution is 2.14. The highest BCUT2D eigenvalue weighted by atomic mass is 16.5. The Morgan fingerprint density at radius 1 is 1.30 bits per heavy atom. The number of hydrogen-bond acceptors (Lipinski definition) is 4. The molecule has 0 radical (unpaired) electrons. The van der Waals surface area contributed by atoms with Crippen molar-refractivity contribution in [3.8, 4) is 0 Å². The third-order valence-corrected chi connectivity index (χ3v) is 4.54. The quantitative estimate of drug-likeness (QED) is 0.893. The minimum Gasteiger partial charge on any atom is -0.378 e. The van der Waals surface area contributed by atoms with Crippen molar-refractivity contribution in [1.29, 1.82) is 0 Å². The van der Waals surface area contributed by atoms with Gasteiger partial charge in [0.25, 0.3) is 0 Å². The molecule has 0 unspecified atom stereocenters. The summed E-state index contributed by atoms with van der Waals surface area (Å²) >= 11 is 0. The third-order valence-electron chi connectivity index (χ3n) is 4.54. The molecule has 0 spiro atoms. The number of carbonyl (C=O) groups is 1. The largest absolute Gasteiger partial charge is 0.378 e. The molecule has 1 aromatic rings. The number of carbonyl (C=O) groups excluding carboxylic acids is 1. The molecular weight excluding hydrogens is 292 g/mol. The van der Waals surface area contributed by atoms with E-state index in [0.29, 0.717) is 12.6 Å². The summed E-state index contributed by atoms with van der Waals surface area (Å²) in [5.74, 6) is 0. The molecule has 2 fully saturated rings. The Morgan fingerprint density at radius 2 is 2.17 bits per heavy atom. The van der Waals surface area contributed by atoms with Crippen LogP contribution in [0.25, 0.3) is 0 Å². The molecule has 6 nitrogen and oxygen atoms in total. The Balaban J connectivity index is 1.34. The molecule has 0 aliphatic carbocycles. The molecule has 2 aliphatic heterocycles. The van der Waals surface area contributed by atoms with Crippen LogP contribution in [0.4, 0.5) is 4.79 Å². The van der Waals surface area contributed by atoms with E-state index in [1.165, 1.54) is 0 Å². The highest BCUT2D eigenvalue weighted by molar-refractivity contribution is 5.74. The molecule has 2 aliphatic rings. The summed E-state index contributed by atoms with van der Waals surface area (Å²) in [6, 6.07) is 6.05. The smallest absolute Gasteiger partial charge is 0.317 e. The van der Waals surface area contributed by atoms with Gasteiger partial charge in [0.05, 0.1) is 11.8 Å². The molecule has 3 heterocycles. The van der Waals surface area contributed by atoms with Gasteiger partial charge in [-0.2, -0.15) is 0 Å². The molecule has 0 bridgehead atoms. The lowest BCUT2D eigenvalue weighted by Gasteiger charge is -2.34. The summed E-state index contributed by atoms with van der Waals surface area (Å²) in [5.41, 5.74) is 1.09. The summed E-state index contributed by atoms with van der Waals surface area (Å²) in [6.07, 6.45) is 5.36. The second kappa shape index (κ2) is 8.26. The Hall–Kier alpha value is -1.66. The van der Waals surface area contributed by atoms with Crippen LogP contribution >= 0.6 is 0 Å². The van der Waals surface area contributed by atoms with Gasteiger partial charge in [0.2, 0.25) is 0 Å².